The van der Waals surface area contributed by atoms with Crippen LogP contribution in [0.2, 0.25) is 0 Å². The highest BCUT2D eigenvalue weighted by atomic mass is 16.3. The Balaban J connectivity index is 1.76. The molecule has 2 fully saturated rings. The van der Waals surface area contributed by atoms with Crippen molar-refractivity contribution in [2.45, 2.75) is 26.7 Å². The standard InChI is InChI=1S/C10H18O/c1-6(2)8-4-10(8)9-3-7(9)5-11/h6-11H,3-5H2,1-2H3/t7-,8+,9+,10-/m0/s1. The average molecular weight is 154 g/mol. The van der Waals surface area contributed by atoms with E-state index in [1.54, 1.807) is 0 Å². The first-order valence-corrected chi connectivity index (χ1v) is 4.85. The van der Waals surface area contributed by atoms with Gasteiger partial charge in [-0.2, -0.15) is 0 Å². The molecular weight excluding hydrogens is 136 g/mol. The van der Waals surface area contributed by atoms with Gasteiger partial charge in [0.2, 0.25) is 0 Å². The zero-order valence-corrected chi connectivity index (χ0v) is 7.46. The summed E-state index contributed by atoms with van der Waals surface area (Å²) in [4.78, 5) is 0. The Bertz CT molecular complexity index is 153. The summed E-state index contributed by atoms with van der Waals surface area (Å²) in [6.07, 6.45) is 2.75. The summed E-state index contributed by atoms with van der Waals surface area (Å²) >= 11 is 0. The van der Waals surface area contributed by atoms with Crippen molar-refractivity contribution < 1.29 is 5.11 Å². The Kier molecular flexibility index (Phi) is 1.71. The number of aliphatic hydroxyl groups is 1. The number of hydrogen-bond donors (Lipinski definition) is 1. The van der Waals surface area contributed by atoms with E-state index in [4.69, 9.17) is 5.11 Å². The van der Waals surface area contributed by atoms with E-state index in [9.17, 15) is 0 Å². The SMILES string of the molecule is CC(C)[C@H]1C[C@@H]1[C@@H]1C[C@H]1CO. The molecule has 0 aliphatic heterocycles. The molecule has 0 bridgehead atoms. The third-order valence-corrected chi connectivity index (χ3v) is 3.51. The molecule has 1 N–H and O–H groups in total. The van der Waals surface area contributed by atoms with Crippen molar-refractivity contribution in [2.24, 2.45) is 29.6 Å². The molecule has 2 aliphatic rings. The quantitative estimate of drug-likeness (QED) is 0.658. The van der Waals surface area contributed by atoms with Crippen LogP contribution >= 0.6 is 0 Å². The van der Waals surface area contributed by atoms with Crippen LogP contribution < -0.4 is 0 Å². The Morgan fingerprint density at radius 3 is 2.36 bits per heavy atom. The normalized spacial score (nSPS) is 48.0. The largest absolute Gasteiger partial charge is 0.396 e. The predicted molar refractivity (Wildman–Crippen MR) is 45.1 cm³/mol. The summed E-state index contributed by atoms with van der Waals surface area (Å²) in [5.41, 5.74) is 0. The van der Waals surface area contributed by atoms with E-state index in [2.05, 4.69) is 13.8 Å². The molecular formula is C10H18O. The summed E-state index contributed by atoms with van der Waals surface area (Å²) in [5, 5.41) is 8.88. The van der Waals surface area contributed by atoms with Crippen LogP contribution in [0.25, 0.3) is 0 Å². The molecule has 0 saturated heterocycles. The van der Waals surface area contributed by atoms with Gasteiger partial charge in [-0.05, 0) is 42.4 Å². The summed E-state index contributed by atoms with van der Waals surface area (Å²) in [6, 6.07) is 0. The fourth-order valence-electron chi connectivity index (χ4n) is 2.50. The molecule has 2 saturated carbocycles. The second kappa shape index (κ2) is 2.48. The van der Waals surface area contributed by atoms with Gasteiger partial charge in [0.1, 0.15) is 0 Å². The van der Waals surface area contributed by atoms with Gasteiger partial charge < -0.3 is 5.11 Å². The van der Waals surface area contributed by atoms with Gasteiger partial charge in [0.15, 0.2) is 0 Å². The highest BCUT2D eigenvalue weighted by Gasteiger charge is 2.53. The molecule has 2 rings (SSSR count). The van der Waals surface area contributed by atoms with Gasteiger partial charge in [-0.15, -0.1) is 0 Å². The maximum atomic E-state index is 8.88. The lowest BCUT2D eigenvalue weighted by atomic mass is 10.0. The molecule has 64 valence electrons. The van der Waals surface area contributed by atoms with E-state index in [1.165, 1.54) is 12.8 Å². The van der Waals surface area contributed by atoms with Crippen LogP contribution in [0.15, 0.2) is 0 Å². The second-order valence-electron chi connectivity index (χ2n) is 4.65. The molecule has 0 amide bonds. The fourth-order valence-corrected chi connectivity index (χ4v) is 2.50. The molecule has 2 aliphatic carbocycles. The van der Waals surface area contributed by atoms with E-state index < -0.39 is 0 Å². The monoisotopic (exact) mass is 154 g/mol. The molecule has 0 unspecified atom stereocenters. The molecule has 0 spiro atoms. The maximum absolute atomic E-state index is 8.88. The zero-order valence-electron chi connectivity index (χ0n) is 7.46. The zero-order chi connectivity index (χ0) is 8.01. The topological polar surface area (TPSA) is 20.2 Å². The number of aliphatic hydroxyl groups excluding tert-OH is 1. The summed E-state index contributed by atoms with van der Waals surface area (Å²) in [7, 11) is 0. The molecule has 1 nitrogen and oxygen atoms in total. The van der Waals surface area contributed by atoms with Gasteiger partial charge >= 0.3 is 0 Å². The minimum atomic E-state index is 0.436. The third-order valence-electron chi connectivity index (χ3n) is 3.51. The lowest BCUT2D eigenvalue weighted by molar-refractivity contribution is 0.264. The molecule has 0 heterocycles. The average Bonchev–Trinajstić information content (AvgIpc) is 2.83. The van der Waals surface area contributed by atoms with Crippen LogP contribution in [-0.2, 0) is 0 Å². The number of hydrogen-bond acceptors (Lipinski definition) is 1. The van der Waals surface area contributed by atoms with Crippen LogP contribution in [0, 0.1) is 29.6 Å². The van der Waals surface area contributed by atoms with Crippen molar-refractivity contribution in [3.8, 4) is 0 Å². The summed E-state index contributed by atoms with van der Waals surface area (Å²) < 4.78 is 0. The van der Waals surface area contributed by atoms with Crippen molar-refractivity contribution in [3.63, 3.8) is 0 Å². The van der Waals surface area contributed by atoms with Crippen LogP contribution in [0.4, 0.5) is 0 Å². The van der Waals surface area contributed by atoms with Gasteiger partial charge in [-0.1, -0.05) is 13.8 Å². The van der Waals surface area contributed by atoms with E-state index in [1.807, 2.05) is 0 Å². The Labute approximate surface area is 68.8 Å². The van der Waals surface area contributed by atoms with Gasteiger partial charge in [0.25, 0.3) is 0 Å². The molecule has 11 heavy (non-hydrogen) atoms. The maximum Gasteiger partial charge on any atom is 0.0462 e. The highest BCUT2D eigenvalue weighted by Crippen LogP contribution is 2.59. The molecule has 0 aromatic carbocycles. The van der Waals surface area contributed by atoms with Crippen LogP contribution in [0.5, 0.6) is 0 Å². The Morgan fingerprint density at radius 2 is 2.00 bits per heavy atom. The van der Waals surface area contributed by atoms with Crippen molar-refractivity contribution in [1.82, 2.24) is 0 Å². The second-order valence-corrected chi connectivity index (χ2v) is 4.65. The first-order valence-electron chi connectivity index (χ1n) is 4.85. The lowest BCUT2D eigenvalue weighted by Crippen LogP contribution is -1.96. The van der Waals surface area contributed by atoms with Gasteiger partial charge in [-0.25, -0.2) is 0 Å². The van der Waals surface area contributed by atoms with Crippen molar-refractivity contribution >= 4 is 0 Å². The summed E-state index contributed by atoms with van der Waals surface area (Å²) in [5.74, 6) is 4.46. The van der Waals surface area contributed by atoms with Crippen molar-refractivity contribution in [3.05, 3.63) is 0 Å². The Hall–Kier alpha value is -0.0400. The molecule has 4 atom stereocenters. The van der Waals surface area contributed by atoms with Gasteiger partial charge in [0.05, 0.1) is 0 Å². The molecule has 1 heteroatoms. The van der Waals surface area contributed by atoms with Gasteiger partial charge in [-0.3, -0.25) is 0 Å². The smallest absolute Gasteiger partial charge is 0.0462 e. The van der Waals surface area contributed by atoms with Crippen LogP contribution in [0.3, 0.4) is 0 Å². The minimum Gasteiger partial charge on any atom is -0.396 e. The van der Waals surface area contributed by atoms with E-state index in [0.29, 0.717) is 12.5 Å². The van der Waals surface area contributed by atoms with Crippen molar-refractivity contribution in [2.75, 3.05) is 6.61 Å². The van der Waals surface area contributed by atoms with Crippen molar-refractivity contribution in [1.29, 1.82) is 0 Å². The third kappa shape index (κ3) is 1.31. The molecule has 0 radical (unpaired) electrons. The first-order chi connectivity index (χ1) is 5.24. The highest BCUT2D eigenvalue weighted by molar-refractivity contribution is 5.02. The van der Waals surface area contributed by atoms with Gasteiger partial charge in [0, 0.05) is 6.61 Å². The number of rotatable bonds is 3. The molecule has 0 aromatic heterocycles. The molecule has 0 aromatic rings. The summed E-state index contributed by atoms with van der Waals surface area (Å²) in [6.45, 7) is 5.08. The van der Waals surface area contributed by atoms with Crippen LogP contribution in [-0.4, -0.2) is 11.7 Å². The van der Waals surface area contributed by atoms with E-state index >= 15 is 0 Å². The minimum absolute atomic E-state index is 0.436. The van der Waals surface area contributed by atoms with Crippen LogP contribution in [0.1, 0.15) is 26.7 Å². The lowest BCUT2D eigenvalue weighted by Gasteiger charge is -2.01. The predicted octanol–water partition coefficient (Wildman–Crippen LogP) is 1.91. The fraction of sp³-hybridized carbons (Fsp3) is 1.00. The first kappa shape index (κ1) is 7.60. The van der Waals surface area contributed by atoms with E-state index in [-0.39, 0.29) is 0 Å². The Morgan fingerprint density at radius 1 is 1.27 bits per heavy atom. The van der Waals surface area contributed by atoms with E-state index in [0.717, 1.165) is 23.7 Å².